The van der Waals surface area contributed by atoms with E-state index in [1.165, 1.54) is 11.7 Å². The number of amides is 1. The van der Waals surface area contributed by atoms with Crippen LogP contribution in [-0.2, 0) is 17.8 Å². The van der Waals surface area contributed by atoms with E-state index in [2.05, 4.69) is 8.75 Å². The summed E-state index contributed by atoms with van der Waals surface area (Å²) in [5, 5.41) is 0. The van der Waals surface area contributed by atoms with Crippen LogP contribution in [0.25, 0.3) is 11.0 Å². The Labute approximate surface area is 155 Å². The predicted molar refractivity (Wildman–Crippen MR) is 99.6 cm³/mol. The number of hydrogen-bond donors (Lipinski definition) is 0. The summed E-state index contributed by atoms with van der Waals surface area (Å²) < 4.78 is 19.5. The molecular weight excluding hydrogens is 350 g/mol. The number of carbonyl (C=O) groups excluding carboxylic acids is 1. The third-order valence-corrected chi connectivity index (χ3v) is 5.19. The zero-order chi connectivity index (χ0) is 18.1. The van der Waals surface area contributed by atoms with E-state index in [0.717, 1.165) is 33.7 Å². The first-order chi connectivity index (χ1) is 12.6. The predicted octanol–water partition coefficient (Wildman–Crippen LogP) is 2.91. The monoisotopic (exact) mass is 369 g/mol. The summed E-state index contributed by atoms with van der Waals surface area (Å²) in [6.45, 7) is 0.936. The summed E-state index contributed by atoms with van der Waals surface area (Å²) in [7, 11) is 3.46. The van der Waals surface area contributed by atoms with Crippen molar-refractivity contribution < 1.29 is 14.3 Å². The van der Waals surface area contributed by atoms with Crippen LogP contribution in [0.15, 0.2) is 36.4 Å². The highest BCUT2D eigenvalue weighted by Crippen LogP contribution is 2.31. The Hall–Kier alpha value is -2.67. The Balaban J connectivity index is 1.46. The molecule has 0 saturated heterocycles. The van der Waals surface area contributed by atoms with Gasteiger partial charge in [0, 0.05) is 13.6 Å². The van der Waals surface area contributed by atoms with Crippen LogP contribution < -0.4 is 9.47 Å². The second-order valence-electron chi connectivity index (χ2n) is 6.47. The second kappa shape index (κ2) is 6.92. The molecule has 0 bridgehead atoms. The molecule has 2 heterocycles. The Morgan fingerprint density at radius 2 is 2.12 bits per heavy atom. The highest BCUT2D eigenvalue weighted by atomic mass is 32.1. The molecule has 0 radical (unpaired) electrons. The topological polar surface area (TPSA) is 64.5 Å². The van der Waals surface area contributed by atoms with Crippen molar-refractivity contribution in [1.29, 1.82) is 0 Å². The largest absolute Gasteiger partial charge is 0.497 e. The summed E-state index contributed by atoms with van der Waals surface area (Å²) in [6.07, 6.45) is 0.657. The molecule has 1 aromatic heterocycles. The fourth-order valence-corrected chi connectivity index (χ4v) is 3.76. The van der Waals surface area contributed by atoms with Gasteiger partial charge >= 0.3 is 0 Å². The molecule has 0 fully saturated rings. The summed E-state index contributed by atoms with van der Waals surface area (Å²) >= 11 is 1.20. The van der Waals surface area contributed by atoms with Crippen LogP contribution in [0.2, 0.25) is 0 Å². The smallest absolute Gasteiger partial charge is 0.229 e. The van der Waals surface area contributed by atoms with Gasteiger partial charge < -0.3 is 14.4 Å². The summed E-state index contributed by atoms with van der Waals surface area (Å²) in [5.41, 5.74) is 3.81. The Kier molecular flexibility index (Phi) is 4.46. The van der Waals surface area contributed by atoms with Crippen molar-refractivity contribution in [2.45, 2.75) is 13.0 Å². The fraction of sp³-hybridized carbons (Fsp3) is 0.316. The number of carbonyl (C=O) groups is 1. The zero-order valence-electron chi connectivity index (χ0n) is 14.6. The maximum absolute atomic E-state index is 12.9. The normalized spacial score (nSPS) is 16.0. The van der Waals surface area contributed by atoms with Crippen LogP contribution >= 0.6 is 11.7 Å². The van der Waals surface area contributed by atoms with E-state index in [1.54, 1.807) is 12.0 Å². The van der Waals surface area contributed by atoms with Crippen LogP contribution in [0.1, 0.15) is 11.1 Å². The minimum Gasteiger partial charge on any atom is -0.497 e. The maximum Gasteiger partial charge on any atom is 0.229 e. The first kappa shape index (κ1) is 16.8. The lowest BCUT2D eigenvalue weighted by molar-refractivity contribution is -0.136. The van der Waals surface area contributed by atoms with Crippen LogP contribution in [0.4, 0.5) is 0 Å². The van der Waals surface area contributed by atoms with Gasteiger partial charge in [0.15, 0.2) is 0 Å². The molecule has 6 nitrogen and oxygen atoms in total. The van der Waals surface area contributed by atoms with Crippen LogP contribution in [0.5, 0.6) is 11.5 Å². The quantitative estimate of drug-likeness (QED) is 0.707. The highest BCUT2D eigenvalue weighted by molar-refractivity contribution is 7.00. The molecule has 2 aromatic carbocycles. The van der Waals surface area contributed by atoms with E-state index in [4.69, 9.17) is 9.47 Å². The number of methoxy groups -OCH3 is 1. The van der Waals surface area contributed by atoms with Crippen molar-refractivity contribution in [3.63, 3.8) is 0 Å². The van der Waals surface area contributed by atoms with E-state index in [0.29, 0.717) is 19.6 Å². The van der Waals surface area contributed by atoms with Gasteiger partial charge in [0.2, 0.25) is 5.91 Å². The zero-order valence-corrected chi connectivity index (χ0v) is 15.5. The number of nitrogens with zero attached hydrogens (tertiary/aromatic N) is 3. The molecule has 0 aliphatic carbocycles. The minimum absolute atomic E-state index is 0.0787. The SMILES string of the molecule is COc1ccc2c(c1)CC(C(=O)N(C)Cc1ccc3nsnc3c1)CO2. The van der Waals surface area contributed by atoms with Gasteiger partial charge in [-0.25, -0.2) is 0 Å². The molecule has 3 aromatic rings. The van der Waals surface area contributed by atoms with Crippen LogP contribution in [-0.4, -0.2) is 40.3 Å². The van der Waals surface area contributed by atoms with Crippen molar-refractivity contribution >= 4 is 28.7 Å². The van der Waals surface area contributed by atoms with Crippen molar-refractivity contribution in [2.75, 3.05) is 20.8 Å². The van der Waals surface area contributed by atoms with Gasteiger partial charge in [-0.05, 0) is 47.9 Å². The summed E-state index contributed by atoms with van der Waals surface area (Å²) in [5.74, 6) is 1.50. The van der Waals surface area contributed by atoms with Crippen LogP contribution in [0.3, 0.4) is 0 Å². The molecule has 0 saturated carbocycles. The standard InChI is InChI=1S/C19H19N3O3S/c1-22(10-12-3-5-16-17(7-12)21-26-20-16)19(23)14-8-13-9-15(24-2)4-6-18(13)25-11-14/h3-7,9,14H,8,10-11H2,1-2H3. The average Bonchev–Trinajstić information content (AvgIpc) is 3.14. The first-order valence-electron chi connectivity index (χ1n) is 8.40. The number of aromatic nitrogens is 2. The Morgan fingerprint density at radius 3 is 2.96 bits per heavy atom. The highest BCUT2D eigenvalue weighted by Gasteiger charge is 2.28. The van der Waals surface area contributed by atoms with Gasteiger partial charge in [0.1, 0.15) is 29.1 Å². The van der Waals surface area contributed by atoms with Gasteiger partial charge in [-0.3, -0.25) is 4.79 Å². The lowest BCUT2D eigenvalue weighted by Crippen LogP contribution is -2.38. The molecule has 1 aliphatic rings. The molecule has 0 N–H and O–H groups in total. The molecule has 7 heteroatoms. The molecular formula is C19H19N3O3S. The van der Waals surface area contributed by atoms with E-state index >= 15 is 0 Å². The lowest BCUT2D eigenvalue weighted by Gasteiger charge is -2.28. The lowest BCUT2D eigenvalue weighted by atomic mass is 9.95. The molecule has 26 heavy (non-hydrogen) atoms. The van der Waals surface area contributed by atoms with E-state index in [9.17, 15) is 4.79 Å². The minimum atomic E-state index is -0.190. The van der Waals surface area contributed by atoms with E-state index < -0.39 is 0 Å². The average molecular weight is 369 g/mol. The molecule has 0 spiro atoms. The van der Waals surface area contributed by atoms with E-state index in [-0.39, 0.29) is 11.8 Å². The third-order valence-electron chi connectivity index (χ3n) is 4.64. The van der Waals surface area contributed by atoms with Gasteiger partial charge in [0.05, 0.1) is 24.8 Å². The molecule has 134 valence electrons. The van der Waals surface area contributed by atoms with Crippen LogP contribution in [0, 0.1) is 5.92 Å². The Morgan fingerprint density at radius 1 is 1.27 bits per heavy atom. The van der Waals surface area contributed by atoms with Gasteiger partial charge in [-0.15, -0.1) is 0 Å². The Bertz CT molecular complexity index is 956. The molecule has 1 unspecified atom stereocenters. The number of hydrogen-bond acceptors (Lipinski definition) is 6. The van der Waals surface area contributed by atoms with Gasteiger partial charge in [0.25, 0.3) is 0 Å². The van der Waals surface area contributed by atoms with Crippen molar-refractivity contribution in [2.24, 2.45) is 5.92 Å². The number of benzene rings is 2. The number of rotatable bonds is 4. The van der Waals surface area contributed by atoms with Crippen molar-refractivity contribution in [3.05, 3.63) is 47.5 Å². The summed E-state index contributed by atoms with van der Waals surface area (Å²) in [6, 6.07) is 11.6. The maximum atomic E-state index is 12.9. The summed E-state index contributed by atoms with van der Waals surface area (Å²) in [4.78, 5) is 14.6. The number of ether oxygens (including phenoxy) is 2. The molecule has 4 rings (SSSR count). The van der Waals surface area contributed by atoms with Crippen molar-refractivity contribution in [3.8, 4) is 11.5 Å². The third kappa shape index (κ3) is 3.22. The first-order valence-corrected chi connectivity index (χ1v) is 9.13. The van der Waals surface area contributed by atoms with Crippen molar-refractivity contribution in [1.82, 2.24) is 13.6 Å². The molecule has 1 aliphatic heterocycles. The van der Waals surface area contributed by atoms with E-state index in [1.807, 2.05) is 43.4 Å². The molecule has 1 amide bonds. The molecule has 1 atom stereocenters. The van der Waals surface area contributed by atoms with Gasteiger partial charge in [-0.2, -0.15) is 8.75 Å². The van der Waals surface area contributed by atoms with Gasteiger partial charge in [-0.1, -0.05) is 6.07 Å². The second-order valence-corrected chi connectivity index (χ2v) is 7.00. The fourth-order valence-electron chi connectivity index (χ4n) is 3.25. The number of fused-ring (bicyclic) bond motifs is 2.